The summed E-state index contributed by atoms with van der Waals surface area (Å²) in [4.78, 5) is 0. The van der Waals surface area contributed by atoms with Gasteiger partial charge in [-0.25, -0.2) is 0 Å². The zero-order chi connectivity index (χ0) is 17.1. The number of rotatable bonds is 2. The standard InChI is InChI=1S/C17H14N6O2S/c1-2-10-11(3-1)18-19-15(10)16-20-21-17-23(16)22-12(7-26-17)9-4-5-13-14(6-9)25-8-24-13/h4-6H,1-3,7-8H2,(H,18,19). The van der Waals surface area contributed by atoms with Crippen LogP contribution in [-0.2, 0) is 12.8 Å². The van der Waals surface area contributed by atoms with Gasteiger partial charge in [0.25, 0.3) is 0 Å². The highest BCUT2D eigenvalue weighted by molar-refractivity contribution is 7.99. The molecule has 0 fully saturated rings. The smallest absolute Gasteiger partial charge is 0.231 e. The van der Waals surface area contributed by atoms with Crippen LogP contribution in [0.2, 0.25) is 0 Å². The number of hydrogen-bond donors (Lipinski definition) is 1. The van der Waals surface area contributed by atoms with Gasteiger partial charge in [0.1, 0.15) is 5.69 Å². The molecule has 2 aromatic heterocycles. The molecule has 8 nitrogen and oxygen atoms in total. The molecule has 4 heterocycles. The Morgan fingerprint density at radius 1 is 1.12 bits per heavy atom. The van der Waals surface area contributed by atoms with Gasteiger partial charge < -0.3 is 9.47 Å². The van der Waals surface area contributed by atoms with E-state index in [1.165, 1.54) is 11.3 Å². The SMILES string of the molecule is c1cc2c(cc1C1=Nn3c(nnc3-c3n[nH]c4c3CCC4)SC1)OCO2. The quantitative estimate of drug-likeness (QED) is 0.748. The number of hydrogen-bond acceptors (Lipinski definition) is 7. The Hall–Kier alpha value is -2.81. The molecule has 0 spiro atoms. The summed E-state index contributed by atoms with van der Waals surface area (Å²) < 4.78 is 12.7. The van der Waals surface area contributed by atoms with Crippen molar-refractivity contribution in [3.8, 4) is 23.0 Å². The third kappa shape index (κ3) is 2.03. The number of nitrogens with one attached hydrogen (secondary N) is 1. The van der Waals surface area contributed by atoms with Crippen LogP contribution >= 0.6 is 11.8 Å². The van der Waals surface area contributed by atoms with Crippen LogP contribution in [0.15, 0.2) is 28.5 Å². The van der Waals surface area contributed by atoms with Gasteiger partial charge in [0.15, 0.2) is 11.5 Å². The van der Waals surface area contributed by atoms with Crippen molar-refractivity contribution in [3.63, 3.8) is 0 Å². The van der Waals surface area contributed by atoms with E-state index < -0.39 is 0 Å². The number of nitrogens with zero attached hydrogens (tertiary/aromatic N) is 5. The molecule has 0 saturated heterocycles. The van der Waals surface area contributed by atoms with Crippen molar-refractivity contribution in [2.24, 2.45) is 5.10 Å². The number of aromatic nitrogens is 5. The molecule has 1 aliphatic carbocycles. The molecule has 0 atom stereocenters. The van der Waals surface area contributed by atoms with Crippen molar-refractivity contribution >= 4 is 17.5 Å². The Labute approximate surface area is 152 Å². The highest BCUT2D eigenvalue weighted by Gasteiger charge is 2.27. The van der Waals surface area contributed by atoms with Crippen LogP contribution in [0.3, 0.4) is 0 Å². The maximum Gasteiger partial charge on any atom is 0.231 e. The fourth-order valence-electron chi connectivity index (χ4n) is 3.60. The molecular weight excluding hydrogens is 352 g/mol. The van der Waals surface area contributed by atoms with Crippen molar-refractivity contribution in [2.75, 3.05) is 12.5 Å². The van der Waals surface area contributed by atoms with E-state index in [1.807, 2.05) is 22.9 Å². The minimum atomic E-state index is 0.268. The monoisotopic (exact) mass is 366 g/mol. The van der Waals surface area contributed by atoms with Gasteiger partial charge in [0.2, 0.25) is 17.8 Å². The van der Waals surface area contributed by atoms with Crippen LogP contribution in [0.1, 0.15) is 23.2 Å². The minimum Gasteiger partial charge on any atom is -0.454 e. The zero-order valence-electron chi connectivity index (χ0n) is 13.7. The lowest BCUT2D eigenvalue weighted by Gasteiger charge is -2.14. The Balaban J connectivity index is 1.44. The number of fused-ring (bicyclic) bond motifs is 3. The number of ether oxygens (including phenoxy) is 2. The van der Waals surface area contributed by atoms with Gasteiger partial charge in [0, 0.05) is 22.6 Å². The lowest BCUT2D eigenvalue weighted by molar-refractivity contribution is 0.174. The molecule has 3 aromatic rings. The third-order valence-corrected chi connectivity index (χ3v) is 5.83. The maximum absolute atomic E-state index is 5.49. The first-order valence-electron chi connectivity index (χ1n) is 8.49. The van der Waals surface area contributed by atoms with E-state index in [-0.39, 0.29) is 6.79 Å². The van der Waals surface area contributed by atoms with E-state index in [2.05, 4.69) is 20.4 Å². The van der Waals surface area contributed by atoms with Crippen LogP contribution in [0.25, 0.3) is 11.5 Å². The predicted octanol–water partition coefficient (Wildman–Crippen LogP) is 2.24. The van der Waals surface area contributed by atoms with Crippen LogP contribution in [0.5, 0.6) is 11.5 Å². The van der Waals surface area contributed by atoms with E-state index in [1.54, 1.807) is 11.8 Å². The van der Waals surface area contributed by atoms with Crippen molar-refractivity contribution in [1.29, 1.82) is 0 Å². The zero-order valence-corrected chi connectivity index (χ0v) is 14.5. The van der Waals surface area contributed by atoms with Crippen molar-refractivity contribution in [1.82, 2.24) is 25.1 Å². The Kier molecular flexibility index (Phi) is 2.95. The summed E-state index contributed by atoms with van der Waals surface area (Å²) in [6.07, 6.45) is 3.22. The molecule has 6 rings (SSSR count). The molecule has 0 saturated carbocycles. The van der Waals surface area contributed by atoms with E-state index in [4.69, 9.17) is 14.6 Å². The predicted molar refractivity (Wildman–Crippen MR) is 94.9 cm³/mol. The summed E-state index contributed by atoms with van der Waals surface area (Å²) in [6, 6.07) is 5.91. The Morgan fingerprint density at radius 2 is 2.08 bits per heavy atom. The molecule has 3 aliphatic rings. The largest absolute Gasteiger partial charge is 0.454 e. The number of aryl methyl sites for hydroxylation is 1. The van der Waals surface area contributed by atoms with Gasteiger partial charge in [-0.1, -0.05) is 11.8 Å². The van der Waals surface area contributed by atoms with Crippen LogP contribution in [-0.4, -0.2) is 43.3 Å². The second-order valence-electron chi connectivity index (χ2n) is 6.40. The number of aromatic amines is 1. The molecule has 2 aliphatic heterocycles. The first kappa shape index (κ1) is 14.4. The van der Waals surface area contributed by atoms with Gasteiger partial charge >= 0.3 is 0 Å². The first-order valence-corrected chi connectivity index (χ1v) is 9.48. The average Bonchev–Trinajstić information content (AvgIpc) is 3.43. The number of benzene rings is 1. The molecule has 1 aromatic carbocycles. The Bertz CT molecular complexity index is 1070. The van der Waals surface area contributed by atoms with Crippen molar-refractivity contribution in [3.05, 3.63) is 35.0 Å². The van der Waals surface area contributed by atoms with Crippen molar-refractivity contribution in [2.45, 2.75) is 24.4 Å². The van der Waals surface area contributed by atoms with Crippen LogP contribution in [0.4, 0.5) is 0 Å². The fraction of sp³-hybridized carbons (Fsp3) is 0.294. The molecule has 0 unspecified atom stereocenters. The second kappa shape index (κ2) is 5.34. The van der Waals surface area contributed by atoms with E-state index >= 15 is 0 Å². The van der Waals surface area contributed by atoms with E-state index in [0.29, 0.717) is 5.82 Å². The van der Waals surface area contributed by atoms with E-state index in [9.17, 15) is 0 Å². The summed E-state index contributed by atoms with van der Waals surface area (Å²) in [5.74, 6) is 2.96. The summed E-state index contributed by atoms with van der Waals surface area (Å²) >= 11 is 1.62. The van der Waals surface area contributed by atoms with Gasteiger partial charge in [-0.3, -0.25) is 5.10 Å². The molecule has 9 heteroatoms. The normalized spacial score (nSPS) is 17.2. The second-order valence-corrected chi connectivity index (χ2v) is 7.35. The van der Waals surface area contributed by atoms with Crippen LogP contribution in [0, 0.1) is 0 Å². The maximum atomic E-state index is 5.49. The molecule has 0 amide bonds. The summed E-state index contributed by atoms with van der Waals surface area (Å²) in [7, 11) is 0. The number of thioether (sulfide) groups is 1. The van der Waals surface area contributed by atoms with Gasteiger partial charge in [-0.2, -0.15) is 14.9 Å². The lowest BCUT2D eigenvalue weighted by atomic mass is 10.1. The molecule has 26 heavy (non-hydrogen) atoms. The first-order chi connectivity index (χ1) is 12.9. The Morgan fingerprint density at radius 3 is 3.08 bits per heavy atom. The molecule has 130 valence electrons. The average molecular weight is 366 g/mol. The third-order valence-electron chi connectivity index (χ3n) is 4.89. The summed E-state index contributed by atoms with van der Waals surface area (Å²) in [5.41, 5.74) is 5.29. The molecule has 0 bridgehead atoms. The minimum absolute atomic E-state index is 0.268. The topological polar surface area (TPSA) is 90.2 Å². The highest BCUT2D eigenvalue weighted by atomic mass is 32.2. The molecule has 0 radical (unpaired) electrons. The summed E-state index contributed by atoms with van der Waals surface area (Å²) in [5, 5.41) is 21.9. The lowest BCUT2D eigenvalue weighted by Crippen LogP contribution is -2.14. The van der Waals surface area contributed by atoms with Crippen molar-refractivity contribution < 1.29 is 9.47 Å². The van der Waals surface area contributed by atoms with Crippen LogP contribution < -0.4 is 9.47 Å². The highest BCUT2D eigenvalue weighted by Crippen LogP contribution is 2.35. The molecule has 1 N–H and O–H groups in total. The van der Waals surface area contributed by atoms with Gasteiger partial charge in [-0.15, -0.1) is 10.2 Å². The number of H-pyrrole nitrogens is 1. The fourth-order valence-corrected chi connectivity index (χ4v) is 4.44. The van der Waals surface area contributed by atoms with Gasteiger partial charge in [0.05, 0.1) is 5.71 Å². The van der Waals surface area contributed by atoms with E-state index in [0.717, 1.165) is 58.6 Å². The van der Waals surface area contributed by atoms with Gasteiger partial charge in [-0.05, 0) is 37.5 Å². The molecular formula is C17H14N6O2S. The summed E-state index contributed by atoms with van der Waals surface area (Å²) in [6.45, 7) is 0.268.